The average molecular weight is 304 g/mol. The molecule has 0 N–H and O–H groups in total. The van der Waals surface area contributed by atoms with Gasteiger partial charge in [-0.25, -0.2) is 0 Å². The first-order chi connectivity index (χ1) is 10.5. The highest BCUT2D eigenvalue weighted by Crippen LogP contribution is 2.12. The van der Waals surface area contributed by atoms with Crippen LogP contribution in [0.5, 0.6) is 0 Å². The van der Waals surface area contributed by atoms with Crippen LogP contribution in [0.15, 0.2) is 18.2 Å². The minimum atomic E-state index is 0.550. The topological polar surface area (TPSA) is 22.6 Å². The summed E-state index contributed by atoms with van der Waals surface area (Å²) in [6.07, 6.45) is 0. The molecule has 0 fully saturated rings. The zero-order valence-electron chi connectivity index (χ0n) is 14.9. The van der Waals surface area contributed by atoms with E-state index < -0.39 is 0 Å². The number of fused-ring (bicyclic) bond motifs is 2. The van der Waals surface area contributed by atoms with Crippen molar-refractivity contribution in [1.29, 1.82) is 0 Å². The van der Waals surface area contributed by atoms with Gasteiger partial charge in [0.1, 0.15) is 0 Å². The van der Waals surface area contributed by atoms with Gasteiger partial charge in [-0.2, -0.15) is 0 Å². The maximum Gasteiger partial charge on any atom is 0.0547 e. The molecule has 22 heavy (non-hydrogen) atoms. The molecule has 2 heterocycles. The van der Waals surface area contributed by atoms with E-state index in [1.807, 2.05) is 0 Å². The summed E-state index contributed by atoms with van der Waals surface area (Å²) in [4.78, 5) is 12.4. The van der Waals surface area contributed by atoms with E-state index in [4.69, 9.17) is 4.98 Å². The second-order valence-corrected chi connectivity index (χ2v) is 7.05. The molecule has 0 aliphatic carbocycles. The molecule has 0 saturated heterocycles. The summed E-state index contributed by atoms with van der Waals surface area (Å²) in [5.41, 5.74) is 2.39. The lowest BCUT2D eigenvalue weighted by Crippen LogP contribution is -2.42. The van der Waals surface area contributed by atoms with Gasteiger partial charge in [0, 0.05) is 51.4 Å². The first-order valence-electron chi connectivity index (χ1n) is 8.57. The largest absolute Gasteiger partial charge is 0.304 e. The van der Waals surface area contributed by atoms with E-state index in [0.717, 1.165) is 39.3 Å². The summed E-state index contributed by atoms with van der Waals surface area (Å²) < 4.78 is 0. The lowest BCUT2D eigenvalue weighted by atomic mass is 10.2. The fourth-order valence-electron chi connectivity index (χ4n) is 2.87. The molecule has 1 aliphatic heterocycles. The van der Waals surface area contributed by atoms with E-state index in [9.17, 15) is 0 Å². The molecule has 2 bridgehead atoms. The third-order valence-electron chi connectivity index (χ3n) is 4.59. The molecule has 4 nitrogen and oxygen atoms in total. The summed E-state index contributed by atoms with van der Waals surface area (Å²) in [5.74, 6) is 0. The predicted octanol–water partition coefficient (Wildman–Crippen LogP) is 2.45. The molecule has 1 aromatic heterocycles. The molecule has 0 aromatic carbocycles. The number of likely N-dealkylation sites (N-methyl/N-ethyl adjacent to an activating group) is 1. The van der Waals surface area contributed by atoms with E-state index in [1.54, 1.807) is 0 Å². The van der Waals surface area contributed by atoms with Crippen LogP contribution in [-0.2, 0) is 13.1 Å². The SMILES string of the molecule is CC(C)N1CCN(C)CCN(C(C)C)Cc2cccc(n2)C1. The van der Waals surface area contributed by atoms with Crippen molar-refractivity contribution in [2.24, 2.45) is 0 Å². The van der Waals surface area contributed by atoms with E-state index >= 15 is 0 Å². The van der Waals surface area contributed by atoms with E-state index in [-0.39, 0.29) is 0 Å². The van der Waals surface area contributed by atoms with Crippen molar-refractivity contribution < 1.29 is 0 Å². The maximum atomic E-state index is 4.89. The number of hydrogen-bond acceptors (Lipinski definition) is 4. The minimum Gasteiger partial charge on any atom is -0.304 e. The summed E-state index contributed by atoms with van der Waals surface area (Å²) in [6, 6.07) is 7.58. The van der Waals surface area contributed by atoms with Gasteiger partial charge in [-0.1, -0.05) is 6.07 Å². The lowest BCUT2D eigenvalue weighted by Gasteiger charge is -2.32. The molecule has 0 spiro atoms. The predicted molar refractivity (Wildman–Crippen MR) is 92.8 cm³/mol. The van der Waals surface area contributed by atoms with Gasteiger partial charge in [0.25, 0.3) is 0 Å². The number of rotatable bonds is 2. The Hall–Kier alpha value is -0.970. The van der Waals surface area contributed by atoms with Crippen LogP contribution in [0.4, 0.5) is 0 Å². The lowest BCUT2D eigenvalue weighted by molar-refractivity contribution is 0.149. The third-order valence-corrected chi connectivity index (χ3v) is 4.59. The fraction of sp³-hybridized carbons (Fsp3) is 0.722. The Kier molecular flexibility index (Phi) is 6.36. The van der Waals surface area contributed by atoms with Gasteiger partial charge in [-0.3, -0.25) is 14.8 Å². The van der Waals surface area contributed by atoms with Crippen LogP contribution in [0, 0.1) is 0 Å². The van der Waals surface area contributed by atoms with Gasteiger partial charge in [0.05, 0.1) is 11.4 Å². The Morgan fingerprint density at radius 2 is 1.27 bits per heavy atom. The molecule has 0 unspecified atom stereocenters. The van der Waals surface area contributed by atoms with Crippen LogP contribution in [0.2, 0.25) is 0 Å². The molecular formula is C18H32N4. The first kappa shape index (κ1) is 17.4. The fourth-order valence-corrected chi connectivity index (χ4v) is 2.87. The van der Waals surface area contributed by atoms with Crippen molar-refractivity contribution in [2.45, 2.75) is 52.9 Å². The van der Waals surface area contributed by atoms with Crippen molar-refractivity contribution in [3.8, 4) is 0 Å². The standard InChI is InChI=1S/C18H32N4/c1-15(2)21-11-9-20(5)10-12-22(16(3)4)14-18-8-6-7-17(13-21)19-18/h6-8,15-16H,9-14H2,1-5H3. The molecule has 0 radical (unpaired) electrons. The van der Waals surface area contributed by atoms with Crippen LogP contribution >= 0.6 is 0 Å². The van der Waals surface area contributed by atoms with Gasteiger partial charge < -0.3 is 4.90 Å². The van der Waals surface area contributed by atoms with Crippen molar-refractivity contribution in [3.63, 3.8) is 0 Å². The zero-order valence-corrected chi connectivity index (χ0v) is 14.9. The Labute approximate surface area is 136 Å². The molecule has 0 saturated carbocycles. The quantitative estimate of drug-likeness (QED) is 0.837. The van der Waals surface area contributed by atoms with Gasteiger partial charge in [-0.05, 0) is 46.9 Å². The van der Waals surface area contributed by atoms with Gasteiger partial charge in [-0.15, -0.1) is 0 Å². The number of aromatic nitrogens is 1. The van der Waals surface area contributed by atoms with Crippen LogP contribution in [0.25, 0.3) is 0 Å². The van der Waals surface area contributed by atoms with Crippen LogP contribution in [0.1, 0.15) is 39.1 Å². The van der Waals surface area contributed by atoms with E-state index in [0.29, 0.717) is 12.1 Å². The molecule has 4 heteroatoms. The molecule has 2 rings (SSSR count). The second-order valence-electron chi connectivity index (χ2n) is 7.05. The van der Waals surface area contributed by atoms with Crippen LogP contribution in [-0.4, -0.2) is 65.0 Å². The van der Waals surface area contributed by atoms with Crippen molar-refractivity contribution in [2.75, 3.05) is 33.2 Å². The van der Waals surface area contributed by atoms with Gasteiger partial charge >= 0.3 is 0 Å². The van der Waals surface area contributed by atoms with Gasteiger partial charge in [0.2, 0.25) is 0 Å². The minimum absolute atomic E-state index is 0.550. The maximum absolute atomic E-state index is 4.89. The van der Waals surface area contributed by atoms with Gasteiger partial charge in [0.15, 0.2) is 0 Å². The summed E-state index contributed by atoms with van der Waals surface area (Å²) in [5, 5.41) is 0. The Morgan fingerprint density at radius 1 is 0.818 bits per heavy atom. The van der Waals surface area contributed by atoms with Crippen molar-refractivity contribution >= 4 is 0 Å². The third kappa shape index (κ3) is 5.04. The summed E-state index contributed by atoms with van der Waals surface area (Å²) >= 11 is 0. The summed E-state index contributed by atoms with van der Waals surface area (Å²) in [6.45, 7) is 15.4. The molecular weight excluding hydrogens is 272 g/mol. The highest BCUT2D eigenvalue weighted by atomic mass is 15.2. The van der Waals surface area contributed by atoms with E-state index in [1.165, 1.54) is 11.4 Å². The number of pyridine rings is 1. The Balaban J connectivity index is 2.22. The van der Waals surface area contributed by atoms with Crippen LogP contribution < -0.4 is 0 Å². The number of hydrogen-bond donors (Lipinski definition) is 0. The highest BCUT2D eigenvalue weighted by Gasteiger charge is 2.16. The number of nitrogens with zero attached hydrogens (tertiary/aromatic N) is 4. The monoisotopic (exact) mass is 304 g/mol. The molecule has 0 amide bonds. The Morgan fingerprint density at radius 3 is 1.68 bits per heavy atom. The smallest absolute Gasteiger partial charge is 0.0547 e. The first-order valence-corrected chi connectivity index (χ1v) is 8.57. The molecule has 124 valence electrons. The summed E-state index contributed by atoms with van der Waals surface area (Å²) in [7, 11) is 2.24. The van der Waals surface area contributed by atoms with Crippen molar-refractivity contribution in [1.82, 2.24) is 19.7 Å². The highest BCUT2D eigenvalue weighted by molar-refractivity contribution is 5.11. The van der Waals surface area contributed by atoms with Crippen molar-refractivity contribution in [3.05, 3.63) is 29.6 Å². The Bertz CT molecular complexity index is 421. The van der Waals surface area contributed by atoms with E-state index in [2.05, 4.69) is 67.6 Å². The molecule has 1 aliphatic rings. The average Bonchev–Trinajstić information content (AvgIpc) is 2.46. The molecule has 0 atom stereocenters. The van der Waals surface area contributed by atoms with Crippen LogP contribution in [0.3, 0.4) is 0 Å². The normalized spacial score (nSPS) is 20.1. The second kappa shape index (κ2) is 8.04. The molecule has 1 aromatic rings. The zero-order chi connectivity index (χ0) is 16.1.